The molecule has 0 saturated carbocycles. The second-order valence-electron chi connectivity index (χ2n) is 3.48. The molecule has 1 aromatic carbocycles. The second-order valence-corrected chi connectivity index (χ2v) is 3.82. The first kappa shape index (κ1) is 9.46. The molecule has 1 heterocycles. The summed E-state index contributed by atoms with van der Waals surface area (Å²) in [5, 5.41) is 0.403. The van der Waals surface area contributed by atoms with Gasteiger partial charge in [0.25, 0.3) is 0 Å². The molecule has 0 bridgehead atoms. The monoisotopic (exact) mass is 212 g/mol. The van der Waals surface area contributed by atoms with Gasteiger partial charge in [-0.25, -0.2) is 9.37 Å². The van der Waals surface area contributed by atoms with Crippen LogP contribution in [0.5, 0.6) is 0 Å². The van der Waals surface area contributed by atoms with E-state index < -0.39 is 0 Å². The fraction of sp³-hybridized carbons (Fsp3) is 0.300. The van der Waals surface area contributed by atoms with Crippen LogP contribution >= 0.6 is 11.6 Å². The SMILES string of the molecule is CC(C)n1c(Cl)nc2ccc(F)cc21. The van der Waals surface area contributed by atoms with E-state index in [1.807, 2.05) is 13.8 Å². The lowest BCUT2D eigenvalue weighted by molar-refractivity contribution is 0.609. The van der Waals surface area contributed by atoms with Gasteiger partial charge in [0.15, 0.2) is 0 Å². The van der Waals surface area contributed by atoms with Gasteiger partial charge in [-0.15, -0.1) is 0 Å². The van der Waals surface area contributed by atoms with Crippen molar-refractivity contribution < 1.29 is 4.39 Å². The van der Waals surface area contributed by atoms with E-state index in [0.717, 1.165) is 11.0 Å². The van der Waals surface area contributed by atoms with Crippen LogP contribution in [0, 0.1) is 5.82 Å². The highest BCUT2D eigenvalue weighted by Crippen LogP contribution is 2.24. The highest BCUT2D eigenvalue weighted by Gasteiger charge is 2.11. The van der Waals surface area contributed by atoms with E-state index in [-0.39, 0.29) is 11.9 Å². The summed E-state index contributed by atoms with van der Waals surface area (Å²) in [6, 6.07) is 4.65. The van der Waals surface area contributed by atoms with Crippen molar-refractivity contribution in [3.05, 3.63) is 29.3 Å². The maximum absolute atomic E-state index is 13.0. The molecular weight excluding hydrogens is 203 g/mol. The summed E-state index contributed by atoms with van der Waals surface area (Å²) in [5.74, 6) is -0.268. The lowest BCUT2D eigenvalue weighted by Gasteiger charge is -2.08. The van der Waals surface area contributed by atoms with E-state index in [4.69, 9.17) is 11.6 Å². The molecule has 0 spiro atoms. The number of nitrogens with zero attached hydrogens (tertiary/aromatic N) is 2. The summed E-state index contributed by atoms with van der Waals surface area (Å²) in [7, 11) is 0. The molecule has 2 aromatic rings. The average molecular weight is 213 g/mol. The van der Waals surface area contributed by atoms with Crippen LogP contribution in [0.3, 0.4) is 0 Å². The van der Waals surface area contributed by atoms with Gasteiger partial charge in [0.1, 0.15) is 5.82 Å². The zero-order valence-electron chi connectivity index (χ0n) is 7.96. The Morgan fingerprint density at radius 3 is 2.79 bits per heavy atom. The minimum absolute atomic E-state index is 0.175. The largest absolute Gasteiger partial charge is 0.312 e. The number of halogens is 2. The number of aromatic nitrogens is 2. The Kier molecular flexibility index (Phi) is 2.19. The number of rotatable bonds is 1. The van der Waals surface area contributed by atoms with E-state index >= 15 is 0 Å². The van der Waals surface area contributed by atoms with Crippen molar-refractivity contribution in [1.82, 2.24) is 9.55 Å². The number of hydrogen-bond donors (Lipinski definition) is 0. The molecule has 1 aromatic heterocycles. The molecule has 0 amide bonds. The summed E-state index contributed by atoms with van der Waals surface area (Å²) >= 11 is 5.94. The fourth-order valence-corrected chi connectivity index (χ4v) is 1.91. The molecule has 0 unspecified atom stereocenters. The molecule has 74 valence electrons. The maximum Gasteiger partial charge on any atom is 0.204 e. The Morgan fingerprint density at radius 2 is 2.14 bits per heavy atom. The van der Waals surface area contributed by atoms with Crippen LogP contribution < -0.4 is 0 Å². The van der Waals surface area contributed by atoms with E-state index in [0.29, 0.717) is 5.28 Å². The Hall–Kier alpha value is -1.09. The van der Waals surface area contributed by atoms with Crippen LogP contribution in [0.2, 0.25) is 5.28 Å². The van der Waals surface area contributed by atoms with Crippen LogP contribution in [0.1, 0.15) is 19.9 Å². The lowest BCUT2D eigenvalue weighted by atomic mass is 10.3. The van der Waals surface area contributed by atoms with E-state index in [1.54, 1.807) is 10.6 Å². The van der Waals surface area contributed by atoms with Crippen LogP contribution in [0.25, 0.3) is 11.0 Å². The van der Waals surface area contributed by atoms with Gasteiger partial charge < -0.3 is 4.57 Å². The van der Waals surface area contributed by atoms with Crippen molar-refractivity contribution in [2.45, 2.75) is 19.9 Å². The molecule has 2 nitrogen and oxygen atoms in total. The molecule has 0 saturated heterocycles. The quantitative estimate of drug-likeness (QED) is 0.709. The molecule has 0 aliphatic carbocycles. The first-order valence-electron chi connectivity index (χ1n) is 4.42. The molecule has 14 heavy (non-hydrogen) atoms. The van der Waals surface area contributed by atoms with Gasteiger partial charge in [-0.2, -0.15) is 0 Å². The van der Waals surface area contributed by atoms with Gasteiger partial charge in [-0.05, 0) is 43.6 Å². The Balaban J connectivity index is 2.79. The van der Waals surface area contributed by atoms with Crippen molar-refractivity contribution in [1.29, 1.82) is 0 Å². The second kappa shape index (κ2) is 3.24. The third-order valence-electron chi connectivity index (χ3n) is 2.12. The Labute approximate surface area is 86.3 Å². The summed E-state index contributed by atoms with van der Waals surface area (Å²) in [6.45, 7) is 3.97. The molecule has 2 rings (SSSR count). The van der Waals surface area contributed by atoms with Crippen LogP contribution in [0.15, 0.2) is 18.2 Å². The number of imidazole rings is 1. The molecule has 0 aliphatic heterocycles. The minimum atomic E-state index is -0.268. The normalized spacial score (nSPS) is 11.5. The number of hydrogen-bond acceptors (Lipinski definition) is 1. The van der Waals surface area contributed by atoms with Gasteiger partial charge in [0.05, 0.1) is 11.0 Å². The zero-order valence-corrected chi connectivity index (χ0v) is 8.72. The van der Waals surface area contributed by atoms with Crippen LogP contribution in [-0.2, 0) is 0 Å². The molecular formula is C10H10ClFN2. The highest BCUT2D eigenvalue weighted by atomic mass is 35.5. The standard InChI is InChI=1S/C10H10ClFN2/c1-6(2)14-9-5-7(12)3-4-8(9)13-10(14)11/h3-6H,1-2H3. The van der Waals surface area contributed by atoms with Crippen molar-refractivity contribution in [2.24, 2.45) is 0 Å². The first-order chi connectivity index (χ1) is 6.59. The van der Waals surface area contributed by atoms with E-state index in [2.05, 4.69) is 4.98 Å². The topological polar surface area (TPSA) is 17.8 Å². The lowest BCUT2D eigenvalue weighted by Crippen LogP contribution is -2.00. The third-order valence-corrected chi connectivity index (χ3v) is 2.39. The van der Waals surface area contributed by atoms with Gasteiger partial charge in [0, 0.05) is 6.04 Å². The molecule has 0 radical (unpaired) electrons. The summed E-state index contributed by atoms with van der Waals surface area (Å²) < 4.78 is 14.8. The fourth-order valence-electron chi connectivity index (χ4n) is 1.53. The van der Waals surface area contributed by atoms with Crippen LogP contribution in [-0.4, -0.2) is 9.55 Å². The smallest absolute Gasteiger partial charge is 0.204 e. The van der Waals surface area contributed by atoms with Gasteiger partial charge >= 0.3 is 0 Å². The Bertz CT molecular complexity index is 476. The van der Waals surface area contributed by atoms with Crippen molar-refractivity contribution in [3.63, 3.8) is 0 Å². The molecule has 0 N–H and O–H groups in total. The van der Waals surface area contributed by atoms with Crippen molar-refractivity contribution >= 4 is 22.6 Å². The minimum Gasteiger partial charge on any atom is -0.312 e. The number of benzene rings is 1. The molecule has 0 atom stereocenters. The van der Waals surface area contributed by atoms with Gasteiger partial charge in [0.2, 0.25) is 5.28 Å². The third kappa shape index (κ3) is 1.38. The maximum atomic E-state index is 13.0. The highest BCUT2D eigenvalue weighted by molar-refractivity contribution is 6.29. The van der Waals surface area contributed by atoms with Crippen LogP contribution in [0.4, 0.5) is 4.39 Å². The predicted octanol–water partition coefficient (Wildman–Crippen LogP) is 3.41. The van der Waals surface area contributed by atoms with Gasteiger partial charge in [-0.3, -0.25) is 0 Å². The van der Waals surface area contributed by atoms with E-state index in [1.165, 1.54) is 12.1 Å². The summed E-state index contributed by atoms with van der Waals surface area (Å²) in [5.41, 5.74) is 1.47. The average Bonchev–Trinajstić information content (AvgIpc) is 2.40. The predicted molar refractivity (Wildman–Crippen MR) is 55.1 cm³/mol. The van der Waals surface area contributed by atoms with E-state index in [9.17, 15) is 4.39 Å². The Morgan fingerprint density at radius 1 is 1.43 bits per heavy atom. The van der Waals surface area contributed by atoms with Crippen molar-refractivity contribution in [2.75, 3.05) is 0 Å². The first-order valence-corrected chi connectivity index (χ1v) is 4.80. The van der Waals surface area contributed by atoms with Gasteiger partial charge in [-0.1, -0.05) is 0 Å². The van der Waals surface area contributed by atoms with Crippen molar-refractivity contribution in [3.8, 4) is 0 Å². The zero-order chi connectivity index (χ0) is 10.3. The summed E-state index contributed by atoms with van der Waals surface area (Å²) in [6.07, 6.45) is 0. The molecule has 0 aliphatic rings. The summed E-state index contributed by atoms with van der Waals surface area (Å²) in [4.78, 5) is 4.14. The number of fused-ring (bicyclic) bond motifs is 1. The molecule has 0 fully saturated rings. The molecule has 4 heteroatoms.